The maximum absolute atomic E-state index is 12.5. The van der Waals surface area contributed by atoms with Crippen molar-refractivity contribution in [3.63, 3.8) is 0 Å². The molecule has 0 radical (unpaired) electrons. The standard InChI is InChI=1S/C18H25NO5/c1-13(2)19(10-9-17(20)21)18(22)14-5-7-15(8-6-14)24-12-16-4-3-11-23-16/h5-8,13,16H,3-4,9-12H2,1-2H3,(H,20,21). The topological polar surface area (TPSA) is 76.1 Å². The van der Waals surface area contributed by atoms with E-state index in [1.807, 2.05) is 13.8 Å². The Bertz CT molecular complexity index is 549. The second kappa shape index (κ2) is 8.68. The van der Waals surface area contributed by atoms with E-state index in [9.17, 15) is 9.59 Å². The van der Waals surface area contributed by atoms with Gasteiger partial charge in [-0.3, -0.25) is 9.59 Å². The Morgan fingerprint density at radius 3 is 2.58 bits per heavy atom. The number of benzene rings is 1. The van der Waals surface area contributed by atoms with E-state index in [2.05, 4.69) is 0 Å². The quantitative estimate of drug-likeness (QED) is 0.790. The summed E-state index contributed by atoms with van der Waals surface area (Å²) in [5.41, 5.74) is 0.526. The lowest BCUT2D eigenvalue weighted by Crippen LogP contribution is -2.38. The molecular weight excluding hydrogens is 310 g/mol. The molecule has 0 bridgehead atoms. The molecule has 1 aromatic rings. The van der Waals surface area contributed by atoms with Crippen LogP contribution in [0.4, 0.5) is 0 Å². The summed E-state index contributed by atoms with van der Waals surface area (Å²) in [6, 6.07) is 6.88. The molecular formula is C18H25NO5. The van der Waals surface area contributed by atoms with E-state index in [0.29, 0.717) is 17.9 Å². The largest absolute Gasteiger partial charge is 0.491 e. The van der Waals surface area contributed by atoms with Crippen molar-refractivity contribution in [2.24, 2.45) is 0 Å². The third-order valence-electron chi connectivity index (χ3n) is 4.01. The first-order valence-electron chi connectivity index (χ1n) is 8.34. The molecule has 0 aliphatic carbocycles. The summed E-state index contributed by atoms with van der Waals surface area (Å²) >= 11 is 0. The summed E-state index contributed by atoms with van der Waals surface area (Å²) in [4.78, 5) is 24.9. The third kappa shape index (κ3) is 5.23. The molecule has 2 rings (SSSR count). The van der Waals surface area contributed by atoms with Crippen LogP contribution in [0.5, 0.6) is 5.75 Å². The van der Waals surface area contributed by atoms with Crippen LogP contribution in [0.3, 0.4) is 0 Å². The van der Waals surface area contributed by atoms with Gasteiger partial charge >= 0.3 is 5.97 Å². The van der Waals surface area contributed by atoms with Crippen LogP contribution >= 0.6 is 0 Å². The van der Waals surface area contributed by atoms with Gasteiger partial charge < -0.3 is 19.5 Å². The van der Waals surface area contributed by atoms with Crippen LogP contribution in [-0.2, 0) is 9.53 Å². The summed E-state index contributed by atoms with van der Waals surface area (Å²) in [6.45, 7) is 5.26. The molecule has 132 valence electrons. The summed E-state index contributed by atoms with van der Waals surface area (Å²) < 4.78 is 11.2. The van der Waals surface area contributed by atoms with Gasteiger partial charge in [-0.25, -0.2) is 0 Å². The number of rotatable bonds is 8. The molecule has 1 unspecified atom stereocenters. The van der Waals surface area contributed by atoms with E-state index in [1.54, 1.807) is 29.2 Å². The molecule has 24 heavy (non-hydrogen) atoms. The van der Waals surface area contributed by atoms with Crippen molar-refractivity contribution in [2.45, 2.75) is 45.3 Å². The van der Waals surface area contributed by atoms with Crippen molar-refractivity contribution in [3.8, 4) is 5.75 Å². The summed E-state index contributed by atoms with van der Waals surface area (Å²) in [5, 5.41) is 8.82. The fourth-order valence-corrected chi connectivity index (χ4v) is 2.63. The molecule has 1 N–H and O–H groups in total. The lowest BCUT2D eigenvalue weighted by atomic mass is 10.1. The fourth-order valence-electron chi connectivity index (χ4n) is 2.63. The predicted octanol–water partition coefficient (Wildman–Crippen LogP) is 2.57. The first-order chi connectivity index (χ1) is 11.5. The minimum atomic E-state index is -0.911. The van der Waals surface area contributed by atoms with Crippen LogP contribution in [0.1, 0.15) is 43.5 Å². The van der Waals surface area contributed by atoms with Gasteiger partial charge in [0.15, 0.2) is 0 Å². The Hall–Kier alpha value is -2.08. The van der Waals surface area contributed by atoms with E-state index in [4.69, 9.17) is 14.6 Å². The average molecular weight is 335 g/mol. The number of carboxylic acid groups (broad SMARTS) is 1. The third-order valence-corrected chi connectivity index (χ3v) is 4.01. The molecule has 0 saturated carbocycles. The van der Waals surface area contributed by atoms with Gasteiger partial charge in [0.05, 0.1) is 12.5 Å². The first-order valence-corrected chi connectivity index (χ1v) is 8.34. The van der Waals surface area contributed by atoms with E-state index < -0.39 is 5.97 Å². The molecule has 1 fully saturated rings. The van der Waals surface area contributed by atoms with Gasteiger partial charge in [-0.2, -0.15) is 0 Å². The molecule has 0 spiro atoms. The number of carbonyl (C=O) groups is 2. The van der Waals surface area contributed by atoms with Crippen molar-refractivity contribution >= 4 is 11.9 Å². The monoisotopic (exact) mass is 335 g/mol. The van der Waals surface area contributed by atoms with E-state index in [0.717, 1.165) is 19.4 Å². The molecule has 6 heteroatoms. The van der Waals surface area contributed by atoms with Crippen molar-refractivity contribution in [3.05, 3.63) is 29.8 Å². The van der Waals surface area contributed by atoms with Gasteiger partial charge in [0.25, 0.3) is 5.91 Å². The Kier molecular flexibility index (Phi) is 6.61. The van der Waals surface area contributed by atoms with E-state index in [-0.39, 0.29) is 31.0 Å². The van der Waals surface area contributed by atoms with Crippen LogP contribution in [0.2, 0.25) is 0 Å². The Balaban J connectivity index is 1.94. The lowest BCUT2D eigenvalue weighted by molar-refractivity contribution is -0.137. The number of hydrogen-bond acceptors (Lipinski definition) is 4. The second-order valence-corrected chi connectivity index (χ2v) is 6.21. The summed E-state index contributed by atoms with van der Waals surface area (Å²) in [6.07, 6.45) is 2.18. The van der Waals surface area contributed by atoms with Crippen molar-refractivity contribution in [2.75, 3.05) is 19.8 Å². The van der Waals surface area contributed by atoms with Gasteiger partial charge in [-0.1, -0.05) is 0 Å². The molecule has 1 aromatic carbocycles. The zero-order valence-electron chi connectivity index (χ0n) is 14.2. The molecule has 1 amide bonds. The van der Waals surface area contributed by atoms with E-state index >= 15 is 0 Å². The van der Waals surface area contributed by atoms with Crippen LogP contribution in [0.25, 0.3) is 0 Å². The van der Waals surface area contributed by atoms with Crippen molar-refractivity contribution < 1.29 is 24.2 Å². The summed E-state index contributed by atoms with van der Waals surface area (Å²) in [7, 11) is 0. The number of hydrogen-bond donors (Lipinski definition) is 1. The molecule has 6 nitrogen and oxygen atoms in total. The van der Waals surface area contributed by atoms with Crippen LogP contribution in [0.15, 0.2) is 24.3 Å². The minimum absolute atomic E-state index is 0.0627. The molecule has 1 heterocycles. The first kappa shape index (κ1) is 18.3. The number of nitrogens with zero attached hydrogens (tertiary/aromatic N) is 1. The van der Waals surface area contributed by atoms with Gasteiger partial charge in [0, 0.05) is 24.8 Å². The molecule has 1 aliphatic rings. The van der Waals surface area contributed by atoms with Crippen molar-refractivity contribution in [1.29, 1.82) is 0 Å². The number of carbonyl (C=O) groups excluding carboxylic acids is 1. The fraction of sp³-hybridized carbons (Fsp3) is 0.556. The summed E-state index contributed by atoms with van der Waals surface area (Å²) in [5.74, 6) is -0.382. The number of carboxylic acids is 1. The highest BCUT2D eigenvalue weighted by atomic mass is 16.5. The Morgan fingerprint density at radius 2 is 2.04 bits per heavy atom. The smallest absolute Gasteiger partial charge is 0.305 e. The maximum Gasteiger partial charge on any atom is 0.305 e. The van der Waals surface area contributed by atoms with Crippen LogP contribution < -0.4 is 4.74 Å². The molecule has 1 atom stereocenters. The highest BCUT2D eigenvalue weighted by Crippen LogP contribution is 2.18. The lowest BCUT2D eigenvalue weighted by Gasteiger charge is -2.26. The highest BCUT2D eigenvalue weighted by molar-refractivity contribution is 5.94. The predicted molar refractivity (Wildman–Crippen MR) is 89.3 cm³/mol. The van der Waals surface area contributed by atoms with E-state index in [1.165, 1.54) is 0 Å². The van der Waals surface area contributed by atoms with Crippen LogP contribution in [-0.4, -0.2) is 53.8 Å². The molecule has 1 saturated heterocycles. The SMILES string of the molecule is CC(C)N(CCC(=O)O)C(=O)c1ccc(OCC2CCCO2)cc1. The Morgan fingerprint density at radius 1 is 1.33 bits per heavy atom. The second-order valence-electron chi connectivity index (χ2n) is 6.21. The van der Waals surface area contributed by atoms with Gasteiger partial charge in [-0.15, -0.1) is 0 Å². The van der Waals surface area contributed by atoms with Gasteiger partial charge in [0.1, 0.15) is 12.4 Å². The number of aliphatic carboxylic acids is 1. The highest BCUT2D eigenvalue weighted by Gasteiger charge is 2.20. The normalized spacial score (nSPS) is 17.0. The van der Waals surface area contributed by atoms with Gasteiger partial charge in [0.2, 0.25) is 0 Å². The maximum atomic E-state index is 12.5. The zero-order chi connectivity index (χ0) is 17.5. The van der Waals surface area contributed by atoms with Crippen LogP contribution in [0, 0.1) is 0 Å². The van der Waals surface area contributed by atoms with Gasteiger partial charge in [-0.05, 0) is 51.0 Å². The Labute approximate surface area is 142 Å². The zero-order valence-corrected chi connectivity index (χ0v) is 14.2. The van der Waals surface area contributed by atoms with Crippen molar-refractivity contribution in [1.82, 2.24) is 4.90 Å². The number of ether oxygens (including phenoxy) is 2. The number of amides is 1. The molecule has 1 aliphatic heterocycles. The average Bonchev–Trinajstić information content (AvgIpc) is 3.06. The molecule has 0 aromatic heterocycles. The minimum Gasteiger partial charge on any atom is -0.491 e.